The van der Waals surface area contributed by atoms with Crippen LogP contribution in [0.1, 0.15) is 29.0 Å². The quantitative estimate of drug-likeness (QED) is 0.780. The van der Waals surface area contributed by atoms with E-state index in [2.05, 4.69) is 9.97 Å². The van der Waals surface area contributed by atoms with E-state index in [4.69, 9.17) is 13.6 Å². The monoisotopic (exact) mass is 300 g/mol. The molecule has 6 heteroatoms. The van der Waals surface area contributed by atoms with Crippen LogP contribution >= 0.6 is 0 Å². The lowest BCUT2D eigenvalue weighted by molar-refractivity contribution is 0.181. The van der Waals surface area contributed by atoms with Gasteiger partial charge >= 0.3 is 0 Å². The molecule has 2 aromatic heterocycles. The van der Waals surface area contributed by atoms with E-state index in [1.807, 2.05) is 30.3 Å². The zero-order valence-corrected chi connectivity index (χ0v) is 12.3. The van der Waals surface area contributed by atoms with Gasteiger partial charge in [-0.05, 0) is 5.56 Å². The molecule has 0 aliphatic rings. The summed E-state index contributed by atoms with van der Waals surface area (Å²) in [5, 5.41) is 10.5. The number of hydrogen-bond donors (Lipinski definition) is 1. The number of nitrogens with zero attached hydrogens (tertiary/aromatic N) is 2. The highest BCUT2D eigenvalue weighted by Crippen LogP contribution is 2.31. The summed E-state index contributed by atoms with van der Waals surface area (Å²) in [6, 6.07) is 9.22. The summed E-state index contributed by atoms with van der Waals surface area (Å²) >= 11 is 0. The molecule has 1 atom stereocenters. The summed E-state index contributed by atoms with van der Waals surface area (Å²) in [5.41, 5.74) is 1.76. The highest BCUT2D eigenvalue weighted by molar-refractivity contribution is 5.52. The summed E-state index contributed by atoms with van der Waals surface area (Å²) < 4.78 is 16.0. The smallest absolute Gasteiger partial charge is 0.249 e. The lowest BCUT2D eigenvalue weighted by Crippen LogP contribution is -2.00. The van der Waals surface area contributed by atoms with Crippen LogP contribution in [0.5, 0.6) is 0 Å². The van der Waals surface area contributed by atoms with Crippen molar-refractivity contribution < 1.29 is 18.7 Å². The SMILES string of the molecule is COCc1coc(-c2nc(C)oc2C(O)c2ccccc2)n1. The third-order valence-corrected chi connectivity index (χ3v) is 3.17. The highest BCUT2D eigenvalue weighted by Gasteiger charge is 2.25. The first-order valence-corrected chi connectivity index (χ1v) is 6.83. The maximum atomic E-state index is 10.5. The van der Waals surface area contributed by atoms with Crippen molar-refractivity contribution in [3.05, 3.63) is 59.5 Å². The number of oxazole rings is 2. The second-order valence-corrected chi connectivity index (χ2v) is 4.84. The van der Waals surface area contributed by atoms with Gasteiger partial charge in [0.05, 0.1) is 6.61 Å². The Morgan fingerprint density at radius 1 is 1.23 bits per heavy atom. The first-order chi connectivity index (χ1) is 10.7. The fourth-order valence-corrected chi connectivity index (χ4v) is 2.20. The lowest BCUT2D eigenvalue weighted by Gasteiger charge is -2.08. The molecule has 1 unspecified atom stereocenters. The van der Waals surface area contributed by atoms with Gasteiger partial charge < -0.3 is 18.7 Å². The highest BCUT2D eigenvalue weighted by atomic mass is 16.5. The molecule has 0 saturated carbocycles. The van der Waals surface area contributed by atoms with E-state index in [9.17, 15) is 5.11 Å². The molecule has 0 fully saturated rings. The average Bonchev–Trinajstić information content (AvgIpc) is 3.14. The zero-order valence-electron chi connectivity index (χ0n) is 12.3. The van der Waals surface area contributed by atoms with Crippen LogP contribution < -0.4 is 0 Å². The Hall–Kier alpha value is -2.44. The normalized spacial score (nSPS) is 12.5. The molecule has 0 radical (unpaired) electrons. The van der Waals surface area contributed by atoms with Crippen LogP contribution in [0, 0.1) is 6.92 Å². The lowest BCUT2D eigenvalue weighted by atomic mass is 10.1. The molecule has 0 bridgehead atoms. The molecule has 6 nitrogen and oxygen atoms in total. The minimum absolute atomic E-state index is 0.300. The van der Waals surface area contributed by atoms with Crippen molar-refractivity contribution in [1.82, 2.24) is 9.97 Å². The van der Waals surface area contributed by atoms with Crippen molar-refractivity contribution >= 4 is 0 Å². The van der Waals surface area contributed by atoms with Gasteiger partial charge in [0, 0.05) is 14.0 Å². The number of benzene rings is 1. The van der Waals surface area contributed by atoms with E-state index < -0.39 is 6.10 Å². The molecule has 0 aliphatic heterocycles. The van der Waals surface area contributed by atoms with Crippen molar-refractivity contribution in [1.29, 1.82) is 0 Å². The van der Waals surface area contributed by atoms with E-state index in [1.165, 1.54) is 6.26 Å². The predicted molar refractivity (Wildman–Crippen MR) is 78.0 cm³/mol. The van der Waals surface area contributed by atoms with E-state index in [1.54, 1.807) is 14.0 Å². The minimum Gasteiger partial charge on any atom is -0.443 e. The molecule has 3 aromatic rings. The molecule has 114 valence electrons. The minimum atomic E-state index is -0.935. The Kier molecular flexibility index (Phi) is 4.04. The van der Waals surface area contributed by atoms with Gasteiger partial charge in [-0.25, -0.2) is 9.97 Å². The number of aliphatic hydroxyl groups excluding tert-OH is 1. The molecular weight excluding hydrogens is 284 g/mol. The second-order valence-electron chi connectivity index (χ2n) is 4.84. The van der Waals surface area contributed by atoms with Crippen LogP contribution in [-0.2, 0) is 11.3 Å². The number of aromatic nitrogens is 2. The Labute approximate surface area is 127 Å². The molecule has 0 aliphatic carbocycles. The van der Waals surface area contributed by atoms with Gasteiger partial charge in [0.1, 0.15) is 18.1 Å². The van der Waals surface area contributed by atoms with Crippen LogP contribution in [0.4, 0.5) is 0 Å². The Morgan fingerprint density at radius 3 is 2.73 bits per heavy atom. The predicted octanol–water partition coefficient (Wildman–Crippen LogP) is 2.87. The molecule has 0 saturated heterocycles. The Balaban J connectivity index is 1.99. The van der Waals surface area contributed by atoms with Gasteiger partial charge in [0.15, 0.2) is 17.3 Å². The number of aliphatic hydroxyl groups is 1. The zero-order chi connectivity index (χ0) is 15.5. The van der Waals surface area contributed by atoms with Gasteiger partial charge in [-0.3, -0.25) is 0 Å². The maximum Gasteiger partial charge on any atom is 0.249 e. The molecular formula is C16H16N2O4. The fourth-order valence-electron chi connectivity index (χ4n) is 2.20. The number of rotatable bonds is 5. The van der Waals surface area contributed by atoms with E-state index in [0.717, 1.165) is 0 Å². The van der Waals surface area contributed by atoms with Crippen molar-refractivity contribution in [2.24, 2.45) is 0 Å². The third kappa shape index (κ3) is 2.79. The maximum absolute atomic E-state index is 10.5. The second kappa shape index (κ2) is 6.13. The number of methoxy groups -OCH3 is 1. The molecule has 22 heavy (non-hydrogen) atoms. The number of ether oxygens (including phenoxy) is 1. The van der Waals surface area contributed by atoms with Crippen molar-refractivity contribution in [3.8, 4) is 11.6 Å². The van der Waals surface area contributed by atoms with E-state index >= 15 is 0 Å². The Morgan fingerprint density at radius 2 is 2.00 bits per heavy atom. The third-order valence-electron chi connectivity index (χ3n) is 3.17. The summed E-state index contributed by atoms with van der Waals surface area (Å²) in [7, 11) is 1.58. The molecule has 0 spiro atoms. The van der Waals surface area contributed by atoms with Crippen LogP contribution in [0.3, 0.4) is 0 Å². The van der Waals surface area contributed by atoms with E-state index in [0.29, 0.717) is 41.1 Å². The van der Waals surface area contributed by atoms with Gasteiger partial charge in [-0.2, -0.15) is 0 Å². The summed E-state index contributed by atoms with van der Waals surface area (Å²) in [5.74, 6) is 1.05. The van der Waals surface area contributed by atoms with Gasteiger partial charge in [0.2, 0.25) is 5.89 Å². The van der Waals surface area contributed by atoms with Gasteiger partial charge in [-0.15, -0.1) is 0 Å². The largest absolute Gasteiger partial charge is 0.443 e. The van der Waals surface area contributed by atoms with Crippen molar-refractivity contribution in [2.75, 3.05) is 7.11 Å². The van der Waals surface area contributed by atoms with Crippen molar-refractivity contribution in [2.45, 2.75) is 19.6 Å². The fraction of sp³-hybridized carbons (Fsp3) is 0.250. The molecule has 3 rings (SSSR count). The topological polar surface area (TPSA) is 81.5 Å². The van der Waals surface area contributed by atoms with Crippen LogP contribution in [-0.4, -0.2) is 22.2 Å². The summed E-state index contributed by atoms with van der Waals surface area (Å²) in [6.45, 7) is 2.06. The molecule has 0 amide bonds. The van der Waals surface area contributed by atoms with Crippen molar-refractivity contribution in [3.63, 3.8) is 0 Å². The Bertz CT molecular complexity index is 749. The molecule has 2 heterocycles. The number of hydrogen-bond acceptors (Lipinski definition) is 6. The summed E-state index contributed by atoms with van der Waals surface area (Å²) in [6.07, 6.45) is 0.566. The number of aryl methyl sites for hydroxylation is 1. The molecule has 1 N–H and O–H groups in total. The summed E-state index contributed by atoms with van der Waals surface area (Å²) in [4.78, 5) is 8.57. The average molecular weight is 300 g/mol. The first kappa shape index (κ1) is 14.5. The van der Waals surface area contributed by atoms with Gasteiger partial charge in [0.25, 0.3) is 0 Å². The van der Waals surface area contributed by atoms with Gasteiger partial charge in [-0.1, -0.05) is 30.3 Å². The standard InChI is InChI=1S/C16H16N2O4/c1-10-17-13(16-18-12(8-20-2)9-21-16)15(22-10)14(19)11-6-4-3-5-7-11/h3-7,9,14,19H,8H2,1-2H3. The van der Waals surface area contributed by atoms with Crippen LogP contribution in [0.15, 0.2) is 45.4 Å². The van der Waals surface area contributed by atoms with E-state index in [-0.39, 0.29) is 0 Å². The first-order valence-electron chi connectivity index (χ1n) is 6.83. The van der Waals surface area contributed by atoms with Crippen LogP contribution in [0.25, 0.3) is 11.6 Å². The van der Waals surface area contributed by atoms with Crippen LogP contribution in [0.2, 0.25) is 0 Å². The molecule has 1 aromatic carbocycles.